The van der Waals surface area contributed by atoms with Crippen molar-refractivity contribution >= 4 is 17.2 Å². The number of benzene rings is 2. The molecule has 3 aromatic rings. The fraction of sp³-hybridized carbons (Fsp3) is 0.238. The van der Waals surface area contributed by atoms with Crippen LogP contribution in [0.15, 0.2) is 60.9 Å². The zero-order chi connectivity index (χ0) is 21.5. The maximum Gasteiger partial charge on any atom is 0.251 e. The predicted octanol–water partition coefficient (Wildman–Crippen LogP) is 3.06. The molecule has 0 bridgehead atoms. The van der Waals surface area contributed by atoms with Gasteiger partial charge in [0.15, 0.2) is 0 Å². The van der Waals surface area contributed by atoms with Crippen molar-refractivity contribution < 1.29 is 18.3 Å². The van der Waals surface area contributed by atoms with Crippen LogP contribution in [-0.2, 0) is 11.3 Å². The molecule has 8 nitrogen and oxygen atoms in total. The number of nitrogens with one attached hydrogen (secondary N) is 3. The number of aromatic amines is 1. The smallest absolute Gasteiger partial charge is 0.251 e. The van der Waals surface area contributed by atoms with Gasteiger partial charge in [-0.05, 0) is 30.2 Å². The number of H-pyrrole nitrogens is 1. The van der Waals surface area contributed by atoms with Crippen LogP contribution in [0.1, 0.15) is 35.3 Å². The Labute approximate surface area is 177 Å². The van der Waals surface area contributed by atoms with Gasteiger partial charge in [-0.3, -0.25) is 14.4 Å². The number of methoxy groups -OCH3 is 1. The minimum atomic E-state index is -2.20. The van der Waals surface area contributed by atoms with Gasteiger partial charge in [0.1, 0.15) is 5.75 Å². The number of rotatable bonds is 9. The Morgan fingerprint density at radius 1 is 1.27 bits per heavy atom. The zero-order valence-corrected chi connectivity index (χ0v) is 17.5. The monoisotopic (exact) mass is 428 g/mol. The minimum Gasteiger partial charge on any atom is -0.496 e. The Bertz CT molecular complexity index is 996. The first kappa shape index (κ1) is 21.7. The molecule has 0 aliphatic heterocycles. The Morgan fingerprint density at radius 3 is 2.63 bits per heavy atom. The fourth-order valence-corrected chi connectivity index (χ4v) is 3.85. The van der Waals surface area contributed by atoms with Gasteiger partial charge in [-0.2, -0.15) is 5.10 Å². The molecule has 30 heavy (non-hydrogen) atoms. The standard InChI is InChI=1S/C21H24N4O4S/c1-3-18(25-30(27)28)20(14-7-5-4-6-8-14)24-21(26)15-9-10-17(19(11-15)29-2)16-12-22-23-13-16/h4-13,18,20,25H,3H2,1-2H3,(H,22,23)(H,24,26)(H,27,28)/t18?,20-/m0/s1. The van der Waals surface area contributed by atoms with E-state index >= 15 is 0 Å². The topological polar surface area (TPSA) is 116 Å². The molecule has 0 saturated heterocycles. The van der Waals surface area contributed by atoms with E-state index in [1.807, 2.05) is 37.3 Å². The van der Waals surface area contributed by atoms with Gasteiger partial charge >= 0.3 is 0 Å². The van der Waals surface area contributed by atoms with Gasteiger partial charge in [-0.25, -0.2) is 8.93 Å². The highest BCUT2D eigenvalue weighted by molar-refractivity contribution is 7.77. The third-order valence-electron chi connectivity index (χ3n) is 4.81. The quantitative estimate of drug-likeness (QED) is 0.391. The summed E-state index contributed by atoms with van der Waals surface area (Å²) < 4.78 is 28.7. The number of aromatic nitrogens is 2. The first-order valence-corrected chi connectivity index (χ1v) is 10.5. The van der Waals surface area contributed by atoms with E-state index in [1.165, 1.54) is 0 Å². The van der Waals surface area contributed by atoms with Crippen LogP contribution in [0.5, 0.6) is 5.75 Å². The molecule has 0 aliphatic rings. The lowest BCUT2D eigenvalue weighted by atomic mass is 9.97. The first-order chi connectivity index (χ1) is 14.5. The summed E-state index contributed by atoms with van der Waals surface area (Å²) in [4.78, 5) is 13.0. The lowest BCUT2D eigenvalue weighted by molar-refractivity contribution is 0.0928. The molecule has 0 spiro atoms. The van der Waals surface area contributed by atoms with E-state index in [9.17, 15) is 13.6 Å². The molecule has 1 heterocycles. The van der Waals surface area contributed by atoms with Crippen molar-refractivity contribution in [2.75, 3.05) is 7.11 Å². The van der Waals surface area contributed by atoms with E-state index in [0.717, 1.165) is 16.7 Å². The molecule has 158 valence electrons. The Kier molecular flexibility index (Phi) is 7.34. The van der Waals surface area contributed by atoms with Gasteiger partial charge in [0.2, 0.25) is 11.3 Å². The second-order valence-corrected chi connectivity index (χ2v) is 7.38. The summed E-state index contributed by atoms with van der Waals surface area (Å²) >= 11 is -2.20. The van der Waals surface area contributed by atoms with Crippen molar-refractivity contribution in [3.8, 4) is 16.9 Å². The maximum atomic E-state index is 13.0. The van der Waals surface area contributed by atoms with Crippen LogP contribution in [0, 0.1) is 0 Å². The van der Waals surface area contributed by atoms with Crippen LogP contribution >= 0.6 is 0 Å². The average Bonchev–Trinajstić information content (AvgIpc) is 3.30. The number of hydrogen-bond acceptors (Lipinski definition) is 4. The molecule has 0 fully saturated rings. The van der Waals surface area contributed by atoms with Crippen molar-refractivity contribution in [3.63, 3.8) is 0 Å². The largest absolute Gasteiger partial charge is 0.496 e. The third-order valence-corrected chi connectivity index (χ3v) is 5.32. The number of hydrogen-bond donors (Lipinski definition) is 4. The van der Waals surface area contributed by atoms with E-state index in [4.69, 9.17) is 4.74 Å². The van der Waals surface area contributed by atoms with Crippen molar-refractivity contribution in [2.24, 2.45) is 0 Å². The van der Waals surface area contributed by atoms with Gasteiger partial charge < -0.3 is 10.1 Å². The predicted molar refractivity (Wildman–Crippen MR) is 115 cm³/mol. The Balaban J connectivity index is 1.89. The molecular weight excluding hydrogens is 404 g/mol. The van der Waals surface area contributed by atoms with Gasteiger partial charge in [0.25, 0.3) is 5.91 Å². The van der Waals surface area contributed by atoms with Gasteiger partial charge in [-0.15, -0.1) is 0 Å². The van der Waals surface area contributed by atoms with E-state index in [0.29, 0.717) is 17.7 Å². The fourth-order valence-electron chi connectivity index (χ4n) is 3.29. The molecule has 3 atom stereocenters. The normalized spacial score (nSPS) is 14.0. The van der Waals surface area contributed by atoms with Crippen LogP contribution in [0.25, 0.3) is 11.1 Å². The molecule has 2 aromatic carbocycles. The third kappa shape index (κ3) is 5.12. The Morgan fingerprint density at radius 2 is 2.03 bits per heavy atom. The SMILES string of the molecule is CCC(NS(=O)O)[C@@H](NC(=O)c1ccc(-c2cn[nH]c2)c(OC)c1)c1ccccc1. The summed E-state index contributed by atoms with van der Waals surface area (Å²) in [5.74, 6) is 0.229. The highest BCUT2D eigenvalue weighted by Crippen LogP contribution is 2.30. The molecule has 9 heteroatoms. The maximum absolute atomic E-state index is 13.0. The summed E-state index contributed by atoms with van der Waals surface area (Å²) in [7, 11) is 1.54. The highest BCUT2D eigenvalue weighted by atomic mass is 32.2. The van der Waals surface area contributed by atoms with Crippen molar-refractivity contribution in [2.45, 2.75) is 25.4 Å². The van der Waals surface area contributed by atoms with Crippen LogP contribution in [-0.4, -0.2) is 38.0 Å². The molecule has 3 rings (SSSR count). The number of ether oxygens (including phenoxy) is 1. The summed E-state index contributed by atoms with van der Waals surface area (Å²) in [6.45, 7) is 1.88. The molecule has 1 amide bonds. The number of amides is 1. The molecule has 4 N–H and O–H groups in total. The molecular formula is C21H24N4O4S. The molecule has 0 aliphatic carbocycles. The summed E-state index contributed by atoms with van der Waals surface area (Å²) in [6, 6.07) is 13.6. The second-order valence-electron chi connectivity index (χ2n) is 6.65. The van der Waals surface area contributed by atoms with Gasteiger partial charge in [0, 0.05) is 28.9 Å². The summed E-state index contributed by atoms with van der Waals surface area (Å²) in [6.07, 6.45) is 3.96. The molecule has 0 saturated carbocycles. The van der Waals surface area contributed by atoms with Crippen LogP contribution in [0.2, 0.25) is 0 Å². The molecule has 1 aromatic heterocycles. The van der Waals surface area contributed by atoms with Crippen LogP contribution < -0.4 is 14.8 Å². The lowest BCUT2D eigenvalue weighted by Gasteiger charge is -2.27. The Hall–Kier alpha value is -3.01. The average molecular weight is 429 g/mol. The van der Waals surface area contributed by atoms with E-state index in [-0.39, 0.29) is 5.91 Å². The molecule has 0 radical (unpaired) electrons. The number of carbonyl (C=O) groups is 1. The van der Waals surface area contributed by atoms with E-state index < -0.39 is 23.4 Å². The zero-order valence-electron chi connectivity index (χ0n) is 16.7. The number of nitrogens with zero attached hydrogens (tertiary/aromatic N) is 1. The summed E-state index contributed by atoms with van der Waals surface area (Å²) in [5.41, 5.74) is 2.91. The van der Waals surface area contributed by atoms with Gasteiger partial charge in [0.05, 0.1) is 19.3 Å². The lowest BCUT2D eigenvalue weighted by Crippen LogP contribution is -2.44. The van der Waals surface area contributed by atoms with Gasteiger partial charge in [-0.1, -0.05) is 37.3 Å². The van der Waals surface area contributed by atoms with Crippen LogP contribution in [0.4, 0.5) is 0 Å². The van der Waals surface area contributed by atoms with Crippen LogP contribution in [0.3, 0.4) is 0 Å². The van der Waals surface area contributed by atoms with E-state index in [2.05, 4.69) is 20.2 Å². The highest BCUT2D eigenvalue weighted by Gasteiger charge is 2.25. The molecule has 2 unspecified atom stereocenters. The second kappa shape index (κ2) is 10.1. The van der Waals surface area contributed by atoms with Crippen molar-refractivity contribution in [1.82, 2.24) is 20.2 Å². The first-order valence-electron chi connectivity index (χ1n) is 9.43. The van der Waals surface area contributed by atoms with E-state index in [1.54, 1.807) is 37.7 Å². The van der Waals surface area contributed by atoms with Crippen molar-refractivity contribution in [3.05, 3.63) is 72.1 Å². The van der Waals surface area contributed by atoms with Crippen molar-refractivity contribution in [1.29, 1.82) is 0 Å². The summed E-state index contributed by atoms with van der Waals surface area (Å²) in [5, 5.41) is 9.69. The minimum absolute atomic E-state index is 0.315. The number of carbonyl (C=O) groups excluding carboxylic acids is 1.